The van der Waals surface area contributed by atoms with Gasteiger partial charge in [-0.3, -0.25) is 0 Å². The van der Waals surface area contributed by atoms with Gasteiger partial charge in [0, 0.05) is 6.54 Å². The van der Waals surface area contributed by atoms with Crippen LogP contribution in [0.1, 0.15) is 22.3 Å². The van der Waals surface area contributed by atoms with E-state index in [1.54, 1.807) is 0 Å². The summed E-state index contributed by atoms with van der Waals surface area (Å²) >= 11 is 5.92. The molecule has 0 fully saturated rings. The van der Waals surface area contributed by atoms with Crippen molar-refractivity contribution < 1.29 is 13.2 Å². The average Bonchev–Trinajstić information content (AvgIpc) is 2.74. The third-order valence-electron chi connectivity index (χ3n) is 4.24. The highest BCUT2D eigenvalue weighted by molar-refractivity contribution is 7.89. The van der Waals surface area contributed by atoms with Gasteiger partial charge in [-0.1, -0.05) is 66.2 Å². The standard InChI is InChI=1S/C22H19ClN2O3S/c23-22-12-21(11-10-20(22)13-24)29(26,27)25-14-17-6-8-19(9-7-17)16-28-15-18-4-2-1-3-5-18/h1-12,25H,14-16H2. The Morgan fingerprint density at radius 3 is 2.14 bits per heavy atom. The molecule has 3 aromatic rings. The van der Waals surface area contributed by atoms with Crippen molar-refractivity contribution in [3.05, 3.63) is 100 Å². The Morgan fingerprint density at radius 1 is 0.897 bits per heavy atom. The predicted molar refractivity (Wildman–Crippen MR) is 112 cm³/mol. The highest BCUT2D eigenvalue weighted by Gasteiger charge is 2.15. The van der Waals surface area contributed by atoms with E-state index in [9.17, 15) is 8.42 Å². The van der Waals surface area contributed by atoms with E-state index in [2.05, 4.69) is 4.72 Å². The summed E-state index contributed by atoms with van der Waals surface area (Å²) in [5.41, 5.74) is 3.17. The SMILES string of the molecule is N#Cc1ccc(S(=O)(=O)NCc2ccc(COCc3ccccc3)cc2)cc1Cl. The summed E-state index contributed by atoms with van der Waals surface area (Å²) in [7, 11) is -3.73. The van der Waals surface area contributed by atoms with E-state index in [4.69, 9.17) is 21.6 Å². The van der Waals surface area contributed by atoms with Gasteiger partial charge in [-0.15, -0.1) is 0 Å². The van der Waals surface area contributed by atoms with Crippen molar-refractivity contribution in [3.63, 3.8) is 0 Å². The zero-order valence-corrected chi connectivity index (χ0v) is 17.1. The van der Waals surface area contributed by atoms with Gasteiger partial charge in [0.1, 0.15) is 6.07 Å². The van der Waals surface area contributed by atoms with Crippen LogP contribution in [-0.4, -0.2) is 8.42 Å². The van der Waals surface area contributed by atoms with Gasteiger partial charge in [0.15, 0.2) is 0 Å². The lowest BCUT2D eigenvalue weighted by Gasteiger charge is -2.09. The predicted octanol–water partition coefficient (Wildman–Crippen LogP) is 4.41. The second-order valence-electron chi connectivity index (χ2n) is 6.37. The van der Waals surface area contributed by atoms with Gasteiger partial charge in [-0.05, 0) is 34.9 Å². The van der Waals surface area contributed by atoms with Gasteiger partial charge < -0.3 is 4.74 Å². The van der Waals surface area contributed by atoms with Gasteiger partial charge in [0.05, 0.1) is 28.7 Å². The molecule has 29 heavy (non-hydrogen) atoms. The third kappa shape index (κ3) is 5.89. The van der Waals surface area contributed by atoms with Crippen molar-refractivity contribution in [1.82, 2.24) is 4.72 Å². The van der Waals surface area contributed by atoms with E-state index >= 15 is 0 Å². The zero-order valence-electron chi connectivity index (χ0n) is 15.5. The fraction of sp³-hybridized carbons (Fsp3) is 0.136. The average molecular weight is 427 g/mol. The second-order valence-corrected chi connectivity index (χ2v) is 8.55. The van der Waals surface area contributed by atoms with Gasteiger partial charge in [0.25, 0.3) is 0 Å². The lowest BCUT2D eigenvalue weighted by Crippen LogP contribution is -2.23. The maximum Gasteiger partial charge on any atom is 0.240 e. The summed E-state index contributed by atoms with van der Waals surface area (Å²) in [5, 5.41) is 9.00. The van der Waals surface area contributed by atoms with Crippen LogP contribution in [0, 0.1) is 11.3 Å². The Kier molecular flexibility index (Phi) is 7.02. The summed E-state index contributed by atoms with van der Waals surface area (Å²) in [6, 6.07) is 23.4. The fourth-order valence-electron chi connectivity index (χ4n) is 2.63. The Balaban J connectivity index is 1.54. The highest BCUT2D eigenvalue weighted by atomic mass is 35.5. The molecule has 148 valence electrons. The Hall–Kier alpha value is -2.69. The van der Waals surface area contributed by atoms with E-state index in [-0.39, 0.29) is 22.0 Å². The first-order valence-electron chi connectivity index (χ1n) is 8.87. The Bertz CT molecular complexity index is 1110. The molecule has 0 saturated heterocycles. The smallest absolute Gasteiger partial charge is 0.240 e. The second kappa shape index (κ2) is 9.68. The van der Waals surface area contributed by atoms with Crippen LogP contribution in [0.2, 0.25) is 5.02 Å². The lowest BCUT2D eigenvalue weighted by atomic mass is 10.1. The van der Waals surface area contributed by atoms with Crippen LogP contribution in [0.15, 0.2) is 77.7 Å². The highest BCUT2D eigenvalue weighted by Crippen LogP contribution is 2.20. The molecule has 0 amide bonds. The van der Waals surface area contributed by atoms with Crippen LogP contribution >= 0.6 is 11.6 Å². The molecule has 0 aliphatic heterocycles. The number of hydrogen-bond acceptors (Lipinski definition) is 4. The van der Waals surface area contributed by atoms with Crippen LogP contribution in [0.4, 0.5) is 0 Å². The molecule has 7 heteroatoms. The van der Waals surface area contributed by atoms with Crippen molar-refractivity contribution in [1.29, 1.82) is 5.26 Å². The van der Waals surface area contributed by atoms with Crippen LogP contribution in [-0.2, 0) is 34.5 Å². The maximum absolute atomic E-state index is 12.4. The minimum atomic E-state index is -3.73. The zero-order chi connectivity index (χ0) is 20.7. The Labute approximate surface area is 175 Å². The molecule has 5 nitrogen and oxygen atoms in total. The fourth-order valence-corrected chi connectivity index (χ4v) is 3.96. The largest absolute Gasteiger partial charge is 0.372 e. The van der Waals surface area contributed by atoms with Crippen molar-refractivity contribution in [2.45, 2.75) is 24.7 Å². The van der Waals surface area contributed by atoms with Gasteiger partial charge in [-0.25, -0.2) is 13.1 Å². The van der Waals surface area contributed by atoms with Gasteiger partial charge >= 0.3 is 0 Å². The quantitative estimate of drug-likeness (QED) is 0.578. The van der Waals surface area contributed by atoms with E-state index in [0.29, 0.717) is 13.2 Å². The topological polar surface area (TPSA) is 79.2 Å². The van der Waals surface area contributed by atoms with Gasteiger partial charge in [-0.2, -0.15) is 5.26 Å². The number of halogens is 1. The summed E-state index contributed by atoms with van der Waals surface area (Å²) in [6.07, 6.45) is 0. The number of nitrogens with one attached hydrogen (secondary N) is 1. The molecule has 0 atom stereocenters. The van der Waals surface area contributed by atoms with E-state index < -0.39 is 10.0 Å². The van der Waals surface area contributed by atoms with Crippen LogP contribution < -0.4 is 4.72 Å². The summed E-state index contributed by atoms with van der Waals surface area (Å²) in [6.45, 7) is 1.16. The molecule has 0 aliphatic rings. The molecular weight excluding hydrogens is 408 g/mol. The van der Waals surface area contributed by atoms with Crippen LogP contribution in [0.5, 0.6) is 0 Å². The first-order chi connectivity index (χ1) is 14.0. The lowest BCUT2D eigenvalue weighted by molar-refractivity contribution is 0.107. The van der Waals surface area contributed by atoms with Crippen molar-refractivity contribution >= 4 is 21.6 Å². The molecule has 0 bridgehead atoms. The molecule has 3 rings (SSSR count). The summed E-state index contributed by atoms with van der Waals surface area (Å²) in [5.74, 6) is 0. The number of ether oxygens (including phenoxy) is 1. The monoisotopic (exact) mass is 426 g/mol. The number of sulfonamides is 1. The Morgan fingerprint density at radius 2 is 1.52 bits per heavy atom. The molecule has 0 aromatic heterocycles. The molecule has 0 saturated carbocycles. The van der Waals surface area contributed by atoms with Crippen molar-refractivity contribution in [2.24, 2.45) is 0 Å². The van der Waals surface area contributed by atoms with Crippen molar-refractivity contribution in [2.75, 3.05) is 0 Å². The number of nitriles is 1. The van der Waals surface area contributed by atoms with Gasteiger partial charge in [0.2, 0.25) is 10.0 Å². The molecule has 0 aliphatic carbocycles. The maximum atomic E-state index is 12.4. The normalized spacial score (nSPS) is 11.2. The van der Waals surface area contributed by atoms with Crippen LogP contribution in [0.3, 0.4) is 0 Å². The number of rotatable bonds is 8. The first-order valence-corrected chi connectivity index (χ1v) is 10.7. The molecule has 0 heterocycles. The number of benzene rings is 3. The minimum Gasteiger partial charge on any atom is -0.372 e. The van der Waals surface area contributed by atoms with E-state index in [0.717, 1.165) is 16.7 Å². The molecule has 0 unspecified atom stereocenters. The molecule has 1 N–H and O–H groups in total. The first kappa shape index (κ1) is 21.0. The third-order valence-corrected chi connectivity index (χ3v) is 5.95. The van der Waals surface area contributed by atoms with E-state index in [1.807, 2.05) is 60.7 Å². The molecule has 0 spiro atoms. The summed E-state index contributed by atoms with van der Waals surface area (Å²) < 4.78 is 33.1. The molecule has 0 radical (unpaired) electrons. The number of hydrogen-bond donors (Lipinski definition) is 1. The minimum absolute atomic E-state index is 0.0208. The van der Waals surface area contributed by atoms with Crippen molar-refractivity contribution in [3.8, 4) is 6.07 Å². The number of nitrogens with zero attached hydrogens (tertiary/aromatic N) is 1. The summed E-state index contributed by atoms with van der Waals surface area (Å²) in [4.78, 5) is 0.0208. The molecule has 3 aromatic carbocycles. The van der Waals surface area contributed by atoms with Crippen LogP contribution in [0.25, 0.3) is 0 Å². The molecular formula is C22H19ClN2O3S. The van der Waals surface area contributed by atoms with E-state index in [1.165, 1.54) is 18.2 Å².